The lowest BCUT2D eigenvalue weighted by atomic mass is 9.87. The number of aromatic nitrogens is 1. The molecule has 0 radical (unpaired) electrons. The van der Waals surface area contributed by atoms with Crippen LogP contribution in [0.15, 0.2) is 60.8 Å². The van der Waals surface area contributed by atoms with Gasteiger partial charge in [0.1, 0.15) is 17.9 Å². The zero-order valence-corrected chi connectivity index (χ0v) is 13.3. The van der Waals surface area contributed by atoms with Gasteiger partial charge in [0, 0.05) is 11.6 Å². The first-order valence-corrected chi connectivity index (χ1v) is 7.60. The van der Waals surface area contributed by atoms with Gasteiger partial charge >= 0.3 is 0 Å². The van der Waals surface area contributed by atoms with E-state index in [1.165, 1.54) is 11.1 Å². The Balaban J connectivity index is 1.77. The third kappa shape index (κ3) is 3.11. The summed E-state index contributed by atoms with van der Waals surface area (Å²) in [5.41, 5.74) is 3.60. The van der Waals surface area contributed by atoms with E-state index in [9.17, 15) is 0 Å². The highest BCUT2D eigenvalue weighted by molar-refractivity contribution is 5.84. The molecule has 3 rings (SSSR count). The van der Waals surface area contributed by atoms with E-state index in [-0.39, 0.29) is 5.41 Å². The molecule has 0 atom stereocenters. The maximum atomic E-state index is 5.97. The Labute approximate surface area is 131 Å². The zero-order chi connectivity index (χ0) is 15.6. The molecule has 0 amide bonds. The fourth-order valence-electron chi connectivity index (χ4n) is 2.45. The summed E-state index contributed by atoms with van der Waals surface area (Å²) < 4.78 is 5.97. The maximum absolute atomic E-state index is 5.97. The van der Waals surface area contributed by atoms with Crippen LogP contribution in [0.2, 0.25) is 0 Å². The molecular formula is C20H21NO. The molecular weight excluding hydrogens is 270 g/mol. The van der Waals surface area contributed by atoms with Crippen LogP contribution in [-0.2, 0) is 12.0 Å². The smallest absolute Gasteiger partial charge is 0.146 e. The second kappa shape index (κ2) is 5.80. The molecule has 0 aliphatic carbocycles. The van der Waals surface area contributed by atoms with Crippen LogP contribution in [-0.4, -0.2) is 4.98 Å². The minimum absolute atomic E-state index is 0.180. The summed E-state index contributed by atoms with van der Waals surface area (Å²) in [6.45, 7) is 7.22. The average molecular weight is 291 g/mol. The molecule has 0 bridgehead atoms. The molecule has 0 N–H and O–H groups in total. The van der Waals surface area contributed by atoms with E-state index in [0.717, 1.165) is 16.7 Å². The second-order valence-corrected chi connectivity index (χ2v) is 6.57. The zero-order valence-electron chi connectivity index (χ0n) is 13.3. The third-order valence-electron chi connectivity index (χ3n) is 3.81. The predicted octanol–water partition coefficient (Wildman–Crippen LogP) is 5.11. The van der Waals surface area contributed by atoms with E-state index in [0.29, 0.717) is 6.61 Å². The first kappa shape index (κ1) is 14.6. The average Bonchev–Trinajstić information content (AvgIpc) is 2.52. The van der Waals surface area contributed by atoms with Crippen LogP contribution in [0.1, 0.15) is 31.9 Å². The number of benzene rings is 2. The van der Waals surface area contributed by atoms with Crippen molar-refractivity contribution in [3.63, 3.8) is 0 Å². The largest absolute Gasteiger partial charge is 0.487 e. The molecule has 2 nitrogen and oxygen atoms in total. The molecule has 3 aromatic rings. The fourth-order valence-corrected chi connectivity index (χ4v) is 2.45. The first-order valence-electron chi connectivity index (χ1n) is 7.60. The summed E-state index contributed by atoms with van der Waals surface area (Å²) >= 11 is 0. The van der Waals surface area contributed by atoms with Crippen LogP contribution in [0.5, 0.6) is 5.75 Å². The Morgan fingerprint density at radius 2 is 1.64 bits per heavy atom. The lowest BCUT2D eigenvalue weighted by molar-refractivity contribution is 0.309. The number of fused-ring (bicyclic) bond motifs is 1. The van der Waals surface area contributed by atoms with E-state index in [1.807, 2.05) is 30.3 Å². The van der Waals surface area contributed by atoms with E-state index >= 15 is 0 Å². The maximum Gasteiger partial charge on any atom is 0.146 e. The van der Waals surface area contributed by atoms with Crippen molar-refractivity contribution in [1.29, 1.82) is 0 Å². The number of pyridine rings is 1. The highest BCUT2D eigenvalue weighted by atomic mass is 16.5. The summed E-state index contributed by atoms with van der Waals surface area (Å²) in [5.74, 6) is 0.831. The van der Waals surface area contributed by atoms with Gasteiger partial charge in [0.05, 0.1) is 0 Å². The Morgan fingerprint density at radius 3 is 2.36 bits per heavy atom. The molecule has 112 valence electrons. The molecule has 0 fully saturated rings. The van der Waals surface area contributed by atoms with Gasteiger partial charge in [-0.15, -0.1) is 0 Å². The molecule has 2 heteroatoms. The quantitative estimate of drug-likeness (QED) is 0.669. The minimum Gasteiger partial charge on any atom is -0.487 e. The first-order chi connectivity index (χ1) is 10.5. The van der Waals surface area contributed by atoms with Crippen LogP contribution in [0.25, 0.3) is 10.9 Å². The van der Waals surface area contributed by atoms with Gasteiger partial charge in [-0.05, 0) is 28.7 Å². The van der Waals surface area contributed by atoms with E-state index < -0.39 is 0 Å². The lowest BCUT2D eigenvalue weighted by Gasteiger charge is -2.19. The van der Waals surface area contributed by atoms with Gasteiger partial charge in [-0.1, -0.05) is 63.2 Å². The summed E-state index contributed by atoms with van der Waals surface area (Å²) in [6.07, 6.45) is 1.80. The predicted molar refractivity (Wildman–Crippen MR) is 91.2 cm³/mol. The van der Waals surface area contributed by atoms with E-state index in [4.69, 9.17) is 4.74 Å². The van der Waals surface area contributed by atoms with Crippen molar-refractivity contribution in [2.75, 3.05) is 0 Å². The van der Waals surface area contributed by atoms with Crippen molar-refractivity contribution >= 4 is 10.9 Å². The molecule has 0 spiro atoms. The summed E-state index contributed by atoms with van der Waals surface area (Å²) in [4.78, 5) is 4.41. The Morgan fingerprint density at radius 1 is 0.909 bits per heavy atom. The molecule has 0 aliphatic heterocycles. The number of para-hydroxylation sites is 1. The lowest BCUT2D eigenvalue weighted by Crippen LogP contribution is -2.10. The van der Waals surface area contributed by atoms with Crippen molar-refractivity contribution in [2.24, 2.45) is 0 Å². The van der Waals surface area contributed by atoms with Crippen molar-refractivity contribution in [1.82, 2.24) is 4.98 Å². The molecule has 1 aromatic heterocycles. The van der Waals surface area contributed by atoms with E-state index in [2.05, 4.69) is 50.0 Å². The van der Waals surface area contributed by atoms with Crippen LogP contribution in [0, 0.1) is 0 Å². The molecule has 22 heavy (non-hydrogen) atoms. The van der Waals surface area contributed by atoms with Gasteiger partial charge in [0.2, 0.25) is 0 Å². The number of hydrogen-bond donors (Lipinski definition) is 0. The number of nitrogens with zero attached hydrogens (tertiary/aromatic N) is 1. The van der Waals surface area contributed by atoms with Crippen molar-refractivity contribution < 1.29 is 4.74 Å². The third-order valence-corrected chi connectivity index (χ3v) is 3.81. The van der Waals surface area contributed by atoms with Gasteiger partial charge in [-0.25, -0.2) is 0 Å². The molecule has 2 aromatic carbocycles. The van der Waals surface area contributed by atoms with Crippen LogP contribution in [0.3, 0.4) is 0 Å². The number of hydrogen-bond acceptors (Lipinski definition) is 2. The SMILES string of the molecule is CC(C)(C)c1ccc(COc2cccc3cccnc23)cc1. The molecule has 0 aliphatic rings. The molecule has 0 unspecified atom stereocenters. The standard InChI is InChI=1S/C20H21NO/c1-20(2,3)17-11-9-15(10-12-17)14-22-18-8-4-6-16-7-5-13-21-19(16)18/h4-13H,14H2,1-3H3. The summed E-state index contributed by atoms with van der Waals surface area (Å²) in [7, 11) is 0. The molecule has 1 heterocycles. The van der Waals surface area contributed by atoms with Gasteiger partial charge in [0.25, 0.3) is 0 Å². The topological polar surface area (TPSA) is 22.1 Å². The van der Waals surface area contributed by atoms with Gasteiger partial charge in [0.15, 0.2) is 0 Å². The van der Waals surface area contributed by atoms with Crippen LogP contribution >= 0.6 is 0 Å². The van der Waals surface area contributed by atoms with Gasteiger partial charge < -0.3 is 4.74 Å². The van der Waals surface area contributed by atoms with Crippen molar-refractivity contribution in [3.05, 3.63) is 71.9 Å². The normalized spacial score (nSPS) is 11.6. The van der Waals surface area contributed by atoms with Crippen molar-refractivity contribution in [2.45, 2.75) is 32.8 Å². The summed E-state index contributed by atoms with van der Waals surface area (Å²) in [5, 5.41) is 1.10. The highest BCUT2D eigenvalue weighted by Crippen LogP contribution is 2.25. The fraction of sp³-hybridized carbons (Fsp3) is 0.250. The minimum atomic E-state index is 0.180. The Kier molecular flexibility index (Phi) is 3.84. The van der Waals surface area contributed by atoms with Gasteiger partial charge in [-0.2, -0.15) is 0 Å². The van der Waals surface area contributed by atoms with E-state index in [1.54, 1.807) is 6.20 Å². The number of rotatable bonds is 3. The van der Waals surface area contributed by atoms with Crippen LogP contribution < -0.4 is 4.74 Å². The van der Waals surface area contributed by atoms with Crippen molar-refractivity contribution in [3.8, 4) is 5.75 Å². The monoisotopic (exact) mass is 291 g/mol. The molecule has 0 saturated carbocycles. The molecule has 0 saturated heterocycles. The Hall–Kier alpha value is -2.35. The second-order valence-electron chi connectivity index (χ2n) is 6.57. The Bertz CT molecular complexity index is 764. The van der Waals surface area contributed by atoms with Crippen LogP contribution in [0.4, 0.5) is 0 Å². The summed E-state index contributed by atoms with van der Waals surface area (Å²) in [6, 6.07) is 18.7. The number of ether oxygens (including phenoxy) is 1. The van der Waals surface area contributed by atoms with Gasteiger partial charge in [-0.3, -0.25) is 4.98 Å². The highest BCUT2D eigenvalue weighted by Gasteiger charge is 2.12.